The zero-order valence-electron chi connectivity index (χ0n) is 30.1. The van der Waals surface area contributed by atoms with E-state index in [1.807, 2.05) is 0 Å². The van der Waals surface area contributed by atoms with Crippen LogP contribution in [0.2, 0.25) is 0 Å². The van der Waals surface area contributed by atoms with E-state index in [9.17, 15) is 4.79 Å². The van der Waals surface area contributed by atoms with Gasteiger partial charge in [-0.15, -0.1) is 0 Å². The standard InChI is InChI=1S/C21H42O4.C18H39N/c1-2-3-4-5-6-7-8-9-10-11-12-13-14-15-16-17-21(24)25-19-20(23)18-22;1-2-3-4-5-6-7-8-9-10-11-12-13-14-15-16-17-18-19/h20,22-23H,2-19H2,1H3;2-19H2,1H3. The normalized spacial score (nSPS) is 11.8. The third kappa shape index (κ3) is 43.5. The summed E-state index contributed by atoms with van der Waals surface area (Å²) in [5.74, 6) is -0.276. The van der Waals surface area contributed by atoms with Crippen molar-refractivity contribution in [2.45, 2.75) is 225 Å². The maximum Gasteiger partial charge on any atom is 0.305 e. The Hall–Kier alpha value is -0.650. The lowest BCUT2D eigenvalue weighted by Gasteiger charge is -2.08. The fourth-order valence-corrected chi connectivity index (χ4v) is 5.65. The van der Waals surface area contributed by atoms with E-state index in [0.717, 1.165) is 19.4 Å². The largest absolute Gasteiger partial charge is 0.463 e. The second-order valence-electron chi connectivity index (χ2n) is 13.3. The van der Waals surface area contributed by atoms with Gasteiger partial charge in [0.1, 0.15) is 12.7 Å². The number of aliphatic hydroxyl groups is 2. The summed E-state index contributed by atoms with van der Waals surface area (Å²) in [6.07, 6.45) is 41.9. The smallest absolute Gasteiger partial charge is 0.305 e. The number of nitrogens with two attached hydrogens (primary N) is 1. The molecule has 0 heterocycles. The summed E-state index contributed by atoms with van der Waals surface area (Å²) >= 11 is 0. The second-order valence-corrected chi connectivity index (χ2v) is 13.3. The molecule has 0 aliphatic rings. The zero-order valence-corrected chi connectivity index (χ0v) is 30.1. The van der Waals surface area contributed by atoms with E-state index < -0.39 is 6.10 Å². The van der Waals surface area contributed by atoms with Crippen molar-refractivity contribution in [2.24, 2.45) is 5.73 Å². The van der Waals surface area contributed by atoms with Crippen LogP contribution in [0, 0.1) is 0 Å². The van der Waals surface area contributed by atoms with Gasteiger partial charge in [-0.2, -0.15) is 0 Å². The molecule has 0 aromatic carbocycles. The third-order valence-corrected chi connectivity index (χ3v) is 8.69. The van der Waals surface area contributed by atoms with Crippen LogP contribution < -0.4 is 5.73 Å². The number of rotatable bonds is 35. The molecule has 0 aliphatic heterocycles. The van der Waals surface area contributed by atoms with Gasteiger partial charge in [-0.05, 0) is 19.4 Å². The first kappa shape index (κ1) is 45.5. The lowest BCUT2D eigenvalue weighted by atomic mass is 10.0. The zero-order chi connectivity index (χ0) is 32.6. The summed E-state index contributed by atoms with van der Waals surface area (Å²) < 4.78 is 4.86. The van der Waals surface area contributed by atoms with E-state index in [2.05, 4.69) is 13.8 Å². The van der Waals surface area contributed by atoms with Crippen molar-refractivity contribution < 1.29 is 19.7 Å². The third-order valence-electron chi connectivity index (χ3n) is 8.69. The summed E-state index contributed by atoms with van der Waals surface area (Å²) in [6, 6.07) is 0. The van der Waals surface area contributed by atoms with E-state index in [-0.39, 0.29) is 19.2 Å². The Labute approximate surface area is 276 Å². The molecule has 4 N–H and O–H groups in total. The predicted molar refractivity (Wildman–Crippen MR) is 192 cm³/mol. The van der Waals surface area contributed by atoms with E-state index >= 15 is 0 Å². The van der Waals surface area contributed by atoms with Gasteiger partial charge < -0.3 is 20.7 Å². The molecular weight excluding hydrogens is 546 g/mol. The van der Waals surface area contributed by atoms with Crippen LogP contribution in [0.4, 0.5) is 0 Å². The molecule has 0 aromatic heterocycles. The van der Waals surface area contributed by atoms with Crippen molar-refractivity contribution in [2.75, 3.05) is 19.8 Å². The fraction of sp³-hybridized carbons (Fsp3) is 0.974. The number of hydrogen-bond acceptors (Lipinski definition) is 5. The Balaban J connectivity index is 0. The van der Waals surface area contributed by atoms with E-state index in [4.69, 9.17) is 20.7 Å². The SMILES string of the molecule is CCCCCCCCCCCCCCCCCC(=O)OCC(O)CO.CCCCCCCCCCCCCCCCCCN. The predicted octanol–water partition coefficient (Wildman–Crippen LogP) is 11.4. The monoisotopic (exact) mass is 628 g/mol. The number of carbonyl (C=O) groups is 1. The Morgan fingerprint density at radius 3 is 1.05 bits per heavy atom. The first-order valence-electron chi connectivity index (χ1n) is 19.8. The quantitative estimate of drug-likeness (QED) is 0.0480. The first-order chi connectivity index (χ1) is 21.6. The van der Waals surface area contributed by atoms with Gasteiger partial charge in [0.2, 0.25) is 0 Å². The molecule has 0 rings (SSSR count). The van der Waals surface area contributed by atoms with Crippen molar-refractivity contribution in [1.29, 1.82) is 0 Å². The molecule has 1 unspecified atom stereocenters. The maximum atomic E-state index is 11.4. The van der Waals surface area contributed by atoms with Gasteiger partial charge >= 0.3 is 5.97 Å². The lowest BCUT2D eigenvalue weighted by molar-refractivity contribution is -0.147. The molecule has 0 fully saturated rings. The molecule has 5 heteroatoms. The van der Waals surface area contributed by atoms with Crippen LogP contribution >= 0.6 is 0 Å². The lowest BCUT2D eigenvalue weighted by Crippen LogP contribution is -2.21. The van der Waals surface area contributed by atoms with Crippen LogP contribution in [0.1, 0.15) is 219 Å². The highest BCUT2D eigenvalue weighted by Crippen LogP contribution is 2.15. The molecule has 1 atom stereocenters. The van der Waals surface area contributed by atoms with Crippen LogP contribution in [0.5, 0.6) is 0 Å². The molecule has 266 valence electrons. The molecule has 0 aromatic rings. The molecule has 44 heavy (non-hydrogen) atoms. The van der Waals surface area contributed by atoms with Crippen molar-refractivity contribution in [3.8, 4) is 0 Å². The molecule has 0 radical (unpaired) electrons. The van der Waals surface area contributed by atoms with Gasteiger partial charge in [0.25, 0.3) is 0 Å². The van der Waals surface area contributed by atoms with Gasteiger partial charge in [-0.3, -0.25) is 4.79 Å². The fourth-order valence-electron chi connectivity index (χ4n) is 5.65. The van der Waals surface area contributed by atoms with E-state index in [1.54, 1.807) is 0 Å². The average molecular weight is 628 g/mol. The Morgan fingerprint density at radius 2 is 0.773 bits per heavy atom. The van der Waals surface area contributed by atoms with Crippen molar-refractivity contribution in [1.82, 2.24) is 0 Å². The number of ether oxygens (including phenoxy) is 1. The Kier molecular flexibility index (Phi) is 43.8. The minimum absolute atomic E-state index is 0.103. The number of hydrogen-bond donors (Lipinski definition) is 3. The maximum absolute atomic E-state index is 11.4. The molecular formula is C39H81NO4. The van der Waals surface area contributed by atoms with Crippen LogP contribution in [-0.4, -0.2) is 42.0 Å². The molecule has 0 aliphatic carbocycles. The van der Waals surface area contributed by atoms with Gasteiger partial charge in [0.15, 0.2) is 0 Å². The van der Waals surface area contributed by atoms with Gasteiger partial charge in [0.05, 0.1) is 6.61 Å². The van der Waals surface area contributed by atoms with Crippen molar-refractivity contribution in [3.05, 3.63) is 0 Å². The van der Waals surface area contributed by atoms with E-state index in [0.29, 0.717) is 6.42 Å². The van der Waals surface area contributed by atoms with Crippen molar-refractivity contribution >= 4 is 5.97 Å². The summed E-state index contributed by atoms with van der Waals surface area (Å²) in [6.45, 7) is 4.96. The average Bonchev–Trinajstić information content (AvgIpc) is 3.03. The van der Waals surface area contributed by atoms with Gasteiger partial charge in [-0.1, -0.05) is 200 Å². The van der Waals surface area contributed by atoms with Crippen LogP contribution in [0.15, 0.2) is 0 Å². The summed E-state index contributed by atoms with van der Waals surface area (Å²) in [7, 11) is 0. The number of aliphatic hydroxyl groups excluding tert-OH is 2. The molecule has 0 saturated heterocycles. The first-order valence-corrected chi connectivity index (χ1v) is 19.8. The van der Waals surface area contributed by atoms with Gasteiger partial charge in [0, 0.05) is 6.42 Å². The summed E-state index contributed by atoms with van der Waals surface area (Å²) in [4.78, 5) is 11.4. The molecule has 0 bridgehead atoms. The summed E-state index contributed by atoms with van der Waals surface area (Å²) in [5.41, 5.74) is 5.48. The number of esters is 1. The number of unbranched alkanes of at least 4 members (excludes halogenated alkanes) is 29. The van der Waals surface area contributed by atoms with Crippen molar-refractivity contribution in [3.63, 3.8) is 0 Å². The highest BCUT2D eigenvalue weighted by atomic mass is 16.5. The highest BCUT2D eigenvalue weighted by Gasteiger charge is 2.07. The second kappa shape index (κ2) is 42.3. The minimum Gasteiger partial charge on any atom is -0.463 e. The molecule has 0 spiro atoms. The number of carbonyl (C=O) groups excluding carboxylic acids is 1. The molecule has 0 saturated carbocycles. The molecule has 0 amide bonds. The topological polar surface area (TPSA) is 92.8 Å². The summed E-state index contributed by atoms with van der Waals surface area (Å²) in [5, 5.41) is 17.7. The van der Waals surface area contributed by atoms with Gasteiger partial charge in [-0.25, -0.2) is 0 Å². The Morgan fingerprint density at radius 1 is 0.500 bits per heavy atom. The highest BCUT2D eigenvalue weighted by molar-refractivity contribution is 5.69. The van der Waals surface area contributed by atoms with Crippen LogP contribution in [0.25, 0.3) is 0 Å². The van der Waals surface area contributed by atoms with E-state index in [1.165, 1.54) is 186 Å². The molecule has 5 nitrogen and oxygen atoms in total. The Bertz CT molecular complexity index is 500. The van der Waals surface area contributed by atoms with Crippen LogP contribution in [-0.2, 0) is 9.53 Å². The van der Waals surface area contributed by atoms with Crippen LogP contribution in [0.3, 0.4) is 0 Å². The minimum atomic E-state index is -0.954.